The molecule has 144 valence electrons. The van der Waals surface area contributed by atoms with Gasteiger partial charge in [-0.3, -0.25) is 4.98 Å². The molecule has 6 heteroatoms. The van der Waals surface area contributed by atoms with E-state index in [9.17, 15) is 0 Å². The average Bonchev–Trinajstić information content (AvgIpc) is 3.04. The summed E-state index contributed by atoms with van der Waals surface area (Å²) < 4.78 is 2.18. The fourth-order valence-corrected chi connectivity index (χ4v) is 5.01. The molecule has 1 aliphatic heterocycles. The third-order valence-corrected chi connectivity index (χ3v) is 6.62. The predicted molar refractivity (Wildman–Crippen MR) is 113 cm³/mol. The number of hydrogen-bond donors (Lipinski definition) is 2. The number of allylic oxidation sites excluding steroid dienone is 2. The minimum atomic E-state index is 0.479. The monoisotopic (exact) mass is 374 g/mol. The molecule has 1 saturated heterocycles. The summed E-state index contributed by atoms with van der Waals surface area (Å²) in [7, 11) is 2.08. The molecule has 2 aliphatic rings. The molecule has 6 nitrogen and oxygen atoms in total. The first-order chi connectivity index (χ1) is 13.7. The van der Waals surface area contributed by atoms with E-state index in [4.69, 9.17) is 5.73 Å². The van der Waals surface area contributed by atoms with Crippen molar-refractivity contribution in [2.24, 2.45) is 12.5 Å². The van der Waals surface area contributed by atoms with Gasteiger partial charge in [0.2, 0.25) is 0 Å². The number of rotatable bonds is 2. The van der Waals surface area contributed by atoms with Crippen molar-refractivity contribution < 1.29 is 0 Å². The number of pyridine rings is 1. The number of nitrogens with one attached hydrogen (secondary N) is 1. The molecule has 0 bridgehead atoms. The number of nitrogens with zero attached hydrogens (tertiary/aromatic N) is 4. The number of hydrogen-bond acceptors (Lipinski definition) is 5. The normalized spacial score (nSPS) is 19.1. The van der Waals surface area contributed by atoms with Crippen LogP contribution < -0.4 is 11.1 Å². The minimum absolute atomic E-state index is 0.479. The lowest BCUT2D eigenvalue weighted by Crippen LogP contribution is -2.37. The van der Waals surface area contributed by atoms with Gasteiger partial charge in [0.05, 0.1) is 11.1 Å². The van der Waals surface area contributed by atoms with Crippen molar-refractivity contribution in [1.82, 2.24) is 24.8 Å². The number of piperidine rings is 1. The molecular formula is C22H26N6. The van der Waals surface area contributed by atoms with Crippen LogP contribution in [0.4, 0.5) is 5.82 Å². The van der Waals surface area contributed by atoms with Crippen molar-refractivity contribution in [3.63, 3.8) is 0 Å². The first-order valence-corrected chi connectivity index (χ1v) is 10.1. The van der Waals surface area contributed by atoms with E-state index < -0.39 is 0 Å². The van der Waals surface area contributed by atoms with Crippen LogP contribution in [0.15, 0.2) is 36.9 Å². The number of aromatic nitrogens is 4. The first kappa shape index (κ1) is 17.4. The maximum absolute atomic E-state index is 6.31. The van der Waals surface area contributed by atoms with Gasteiger partial charge >= 0.3 is 0 Å². The first-order valence-electron chi connectivity index (χ1n) is 10.1. The van der Waals surface area contributed by atoms with Gasteiger partial charge in [-0.05, 0) is 62.2 Å². The van der Waals surface area contributed by atoms with Crippen LogP contribution in [0.1, 0.15) is 37.8 Å². The molecule has 0 aromatic carbocycles. The summed E-state index contributed by atoms with van der Waals surface area (Å²) in [5.74, 6) is 0.525. The van der Waals surface area contributed by atoms with E-state index in [1.54, 1.807) is 12.5 Å². The van der Waals surface area contributed by atoms with Gasteiger partial charge < -0.3 is 15.6 Å². The summed E-state index contributed by atoms with van der Waals surface area (Å²) in [5, 5.41) is 4.43. The van der Waals surface area contributed by atoms with E-state index in [-0.39, 0.29) is 0 Å². The second-order valence-electron chi connectivity index (χ2n) is 8.17. The molecular weight excluding hydrogens is 348 g/mol. The predicted octanol–water partition coefficient (Wildman–Crippen LogP) is 3.55. The highest BCUT2D eigenvalue weighted by molar-refractivity contribution is 6.05. The summed E-state index contributed by atoms with van der Waals surface area (Å²) in [5.41, 5.74) is 12.4. The standard InChI is InChI=1S/C22H26N6/c1-28-19(15-4-6-22(7-5-15)8-11-24-12-9-22)17(16-3-2-10-25-13-16)18-20(23)26-14-27-21(18)28/h2-4,10,13-14,24H,5-9,11-12H2,1H3,(H2,23,26,27). The zero-order valence-corrected chi connectivity index (χ0v) is 16.3. The van der Waals surface area contributed by atoms with Crippen molar-refractivity contribution in [2.45, 2.75) is 32.1 Å². The lowest BCUT2D eigenvalue weighted by atomic mass is 9.68. The fourth-order valence-electron chi connectivity index (χ4n) is 5.01. The van der Waals surface area contributed by atoms with Crippen LogP contribution >= 0.6 is 0 Å². The number of fused-ring (bicyclic) bond motifs is 1. The molecule has 0 radical (unpaired) electrons. The number of anilines is 1. The Morgan fingerprint density at radius 2 is 2.04 bits per heavy atom. The molecule has 3 N–H and O–H groups in total. The van der Waals surface area contributed by atoms with Crippen molar-refractivity contribution in [2.75, 3.05) is 18.8 Å². The summed E-state index contributed by atoms with van der Waals surface area (Å²) in [6, 6.07) is 4.06. The number of nitrogen functional groups attached to an aromatic ring is 1. The SMILES string of the molecule is Cn1c(C2=CCC3(CCNCC3)CC2)c(-c2cccnc2)c2c(N)ncnc21. The molecule has 0 amide bonds. The topological polar surface area (TPSA) is 81.7 Å². The Morgan fingerprint density at radius 3 is 2.75 bits per heavy atom. The molecule has 1 spiro atoms. The van der Waals surface area contributed by atoms with Gasteiger partial charge in [-0.15, -0.1) is 0 Å². The van der Waals surface area contributed by atoms with Crippen LogP contribution in [0.2, 0.25) is 0 Å². The smallest absolute Gasteiger partial charge is 0.146 e. The molecule has 4 heterocycles. The minimum Gasteiger partial charge on any atom is -0.383 e. The van der Waals surface area contributed by atoms with Crippen molar-refractivity contribution in [3.05, 3.63) is 42.6 Å². The third-order valence-electron chi connectivity index (χ3n) is 6.62. The Morgan fingerprint density at radius 1 is 1.18 bits per heavy atom. The van der Waals surface area contributed by atoms with Gasteiger partial charge in [-0.1, -0.05) is 12.1 Å². The van der Waals surface area contributed by atoms with Crippen molar-refractivity contribution in [3.8, 4) is 11.1 Å². The fraction of sp³-hybridized carbons (Fsp3) is 0.409. The summed E-state index contributed by atoms with van der Waals surface area (Å²) in [6.07, 6.45) is 13.8. The van der Waals surface area contributed by atoms with E-state index in [2.05, 4.69) is 44.0 Å². The molecule has 0 saturated carbocycles. The molecule has 3 aromatic heterocycles. The lowest BCUT2D eigenvalue weighted by Gasteiger charge is -2.40. The van der Waals surface area contributed by atoms with Crippen LogP contribution in [-0.4, -0.2) is 32.6 Å². The quantitative estimate of drug-likeness (QED) is 0.717. The Labute approximate surface area is 164 Å². The molecule has 5 rings (SSSR count). The van der Waals surface area contributed by atoms with Gasteiger partial charge in [0, 0.05) is 30.6 Å². The van der Waals surface area contributed by atoms with Crippen LogP contribution in [0.5, 0.6) is 0 Å². The van der Waals surface area contributed by atoms with E-state index in [0.717, 1.165) is 48.1 Å². The average molecular weight is 374 g/mol. The summed E-state index contributed by atoms with van der Waals surface area (Å²) in [4.78, 5) is 13.2. The number of aryl methyl sites for hydroxylation is 1. The highest BCUT2D eigenvalue weighted by Gasteiger charge is 2.34. The van der Waals surface area contributed by atoms with Gasteiger partial charge in [0.15, 0.2) is 0 Å². The second kappa shape index (κ2) is 6.71. The summed E-state index contributed by atoms with van der Waals surface area (Å²) in [6.45, 7) is 2.29. The second-order valence-corrected chi connectivity index (χ2v) is 8.17. The largest absolute Gasteiger partial charge is 0.383 e. The highest BCUT2D eigenvalue weighted by Crippen LogP contribution is 2.47. The molecule has 0 atom stereocenters. The van der Waals surface area contributed by atoms with Crippen LogP contribution in [-0.2, 0) is 7.05 Å². The van der Waals surface area contributed by atoms with E-state index in [1.165, 1.54) is 30.5 Å². The molecule has 1 aliphatic carbocycles. The summed E-state index contributed by atoms with van der Waals surface area (Å²) >= 11 is 0. The van der Waals surface area contributed by atoms with Gasteiger partial charge in [-0.2, -0.15) is 0 Å². The van der Waals surface area contributed by atoms with E-state index in [0.29, 0.717) is 11.2 Å². The van der Waals surface area contributed by atoms with Crippen molar-refractivity contribution in [1.29, 1.82) is 0 Å². The van der Waals surface area contributed by atoms with Crippen LogP contribution in [0.25, 0.3) is 27.7 Å². The maximum Gasteiger partial charge on any atom is 0.146 e. The third kappa shape index (κ3) is 2.71. The van der Waals surface area contributed by atoms with Crippen LogP contribution in [0, 0.1) is 5.41 Å². The molecule has 1 fully saturated rings. The van der Waals surface area contributed by atoms with Crippen molar-refractivity contribution >= 4 is 22.4 Å². The van der Waals surface area contributed by atoms with Gasteiger partial charge in [0.1, 0.15) is 17.8 Å². The highest BCUT2D eigenvalue weighted by atomic mass is 15.1. The molecule has 28 heavy (non-hydrogen) atoms. The Balaban J connectivity index is 1.68. The van der Waals surface area contributed by atoms with Gasteiger partial charge in [0.25, 0.3) is 0 Å². The zero-order chi connectivity index (χ0) is 19.1. The lowest BCUT2D eigenvalue weighted by molar-refractivity contribution is 0.184. The molecule has 0 unspecified atom stereocenters. The zero-order valence-electron chi connectivity index (χ0n) is 16.3. The molecule has 3 aromatic rings. The van der Waals surface area contributed by atoms with Crippen LogP contribution in [0.3, 0.4) is 0 Å². The number of nitrogens with two attached hydrogens (primary N) is 1. The van der Waals surface area contributed by atoms with E-state index >= 15 is 0 Å². The van der Waals surface area contributed by atoms with Gasteiger partial charge in [-0.25, -0.2) is 9.97 Å². The Kier molecular flexibility index (Phi) is 4.16. The Hall–Kier alpha value is -2.73. The maximum atomic E-state index is 6.31. The van der Waals surface area contributed by atoms with E-state index in [1.807, 2.05) is 12.3 Å². The Bertz CT molecular complexity index is 1040.